The molecule has 0 amide bonds. The number of sulfonamides is 1. The first-order chi connectivity index (χ1) is 12.8. The van der Waals surface area contributed by atoms with Crippen LogP contribution in [0.3, 0.4) is 0 Å². The summed E-state index contributed by atoms with van der Waals surface area (Å²) in [6, 6.07) is 18.4. The van der Waals surface area contributed by atoms with Gasteiger partial charge in [0.25, 0.3) is 0 Å². The fourth-order valence-corrected chi connectivity index (χ4v) is 3.62. The zero-order valence-electron chi connectivity index (χ0n) is 15.5. The van der Waals surface area contributed by atoms with Crippen LogP contribution in [0.1, 0.15) is 11.4 Å². The van der Waals surface area contributed by atoms with Crippen molar-refractivity contribution in [3.8, 4) is 11.1 Å². The van der Waals surface area contributed by atoms with Crippen molar-refractivity contribution in [3.05, 3.63) is 72.1 Å². The van der Waals surface area contributed by atoms with E-state index in [1.807, 2.05) is 63.5 Å². The van der Waals surface area contributed by atoms with E-state index < -0.39 is 10.0 Å². The second-order valence-electron chi connectivity index (χ2n) is 6.41. The maximum Gasteiger partial charge on any atom is 0.240 e. The van der Waals surface area contributed by atoms with Gasteiger partial charge in [0.05, 0.1) is 17.1 Å². The van der Waals surface area contributed by atoms with Crippen molar-refractivity contribution in [2.45, 2.75) is 18.4 Å². The van der Waals surface area contributed by atoms with Crippen LogP contribution in [0.5, 0.6) is 0 Å². The lowest BCUT2D eigenvalue weighted by molar-refractivity contribution is 0.580. The van der Waals surface area contributed by atoms with E-state index in [-0.39, 0.29) is 11.4 Å². The Balaban J connectivity index is 1.75. The number of anilines is 1. The predicted octanol–water partition coefficient (Wildman–Crippen LogP) is 3.00. The van der Waals surface area contributed by atoms with Crippen molar-refractivity contribution in [1.29, 1.82) is 0 Å². The molecular weight excluding hydrogens is 360 g/mol. The Labute approximate surface area is 160 Å². The van der Waals surface area contributed by atoms with E-state index in [2.05, 4.69) is 14.7 Å². The largest absolute Gasteiger partial charge is 0.347 e. The normalized spacial score (nSPS) is 11.4. The molecule has 0 aliphatic heterocycles. The molecule has 0 spiro atoms. The quantitative estimate of drug-likeness (QED) is 0.709. The summed E-state index contributed by atoms with van der Waals surface area (Å²) in [6.45, 7) is 1.96. The zero-order valence-corrected chi connectivity index (χ0v) is 16.4. The molecule has 140 valence electrons. The highest BCUT2D eigenvalue weighted by molar-refractivity contribution is 7.89. The summed E-state index contributed by atoms with van der Waals surface area (Å²) in [6.07, 6.45) is 0. The van der Waals surface area contributed by atoms with Crippen LogP contribution in [0.2, 0.25) is 0 Å². The van der Waals surface area contributed by atoms with Crippen molar-refractivity contribution < 1.29 is 8.42 Å². The summed E-state index contributed by atoms with van der Waals surface area (Å²) in [4.78, 5) is 10.7. The minimum Gasteiger partial charge on any atom is -0.347 e. The van der Waals surface area contributed by atoms with Crippen LogP contribution >= 0.6 is 0 Å². The first-order valence-corrected chi connectivity index (χ1v) is 10.0. The van der Waals surface area contributed by atoms with Gasteiger partial charge in [0.15, 0.2) is 0 Å². The molecule has 1 aromatic heterocycles. The number of benzene rings is 2. The Morgan fingerprint density at radius 2 is 1.56 bits per heavy atom. The van der Waals surface area contributed by atoms with E-state index in [0.717, 1.165) is 16.8 Å². The van der Waals surface area contributed by atoms with Crippen molar-refractivity contribution >= 4 is 16.0 Å². The smallest absolute Gasteiger partial charge is 0.240 e. The summed E-state index contributed by atoms with van der Waals surface area (Å²) >= 11 is 0. The van der Waals surface area contributed by atoms with Gasteiger partial charge in [0.2, 0.25) is 16.0 Å². The molecule has 0 atom stereocenters. The number of nitrogens with zero attached hydrogens (tertiary/aromatic N) is 3. The first kappa shape index (κ1) is 19.0. The molecule has 6 nitrogen and oxygen atoms in total. The van der Waals surface area contributed by atoms with Crippen LogP contribution in [0, 0.1) is 6.92 Å². The van der Waals surface area contributed by atoms with Gasteiger partial charge in [0.1, 0.15) is 0 Å². The number of nitrogens with one attached hydrogen (secondary N) is 1. The highest BCUT2D eigenvalue weighted by atomic mass is 32.2. The highest BCUT2D eigenvalue weighted by Gasteiger charge is 2.15. The summed E-state index contributed by atoms with van der Waals surface area (Å²) in [5, 5.41) is 0. The van der Waals surface area contributed by atoms with Gasteiger partial charge in [-0.2, -0.15) is 0 Å². The Bertz CT molecular complexity index is 1020. The third-order valence-corrected chi connectivity index (χ3v) is 5.43. The van der Waals surface area contributed by atoms with Crippen LogP contribution in [0.15, 0.2) is 65.6 Å². The summed E-state index contributed by atoms with van der Waals surface area (Å²) < 4.78 is 27.8. The molecule has 0 saturated heterocycles. The molecule has 7 heteroatoms. The lowest BCUT2D eigenvalue weighted by Crippen LogP contribution is -2.24. The molecule has 2 aromatic carbocycles. The molecule has 3 rings (SSSR count). The van der Waals surface area contributed by atoms with Crippen molar-refractivity contribution in [1.82, 2.24) is 14.7 Å². The van der Waals surface area contributed by atoms with Gasteiger partial charge < -0.3 is 4.90 Å². The van der Waals surface area contributed by atoms with E-state index >= 15 is 0 Å². The summed E-state index contributed by atoms with van der Waals surface area (Å²) in [7, 11) is 0.0611. The van der Waals surface area contributed by atoms with Crippen molar-refractivity contribution in [3.63, 3.8) is 0 Å². The lowest BCUT2D eigenvalue weighted by atomic mass is 10.1. The molecule has 1 N–H and O–H groups in total. The third kappa shape index (κ3) is 4.69. The van der Waals surface area contributed by atoms with E-state index in [1.165, 1.54) is 0 Å². The second kappa shape index (κ2) is 7.85. The van der Waals surface area contributed by atoms with Gasteiger partial charge >= 0.3 is 0 Å². The molecule has 1 heterocycles. The molecule has 0 saturated carbocycles. The third-order valence-electron chi connectivity index (χ3n) is 4.01. The van der Waals surface area contributed by atoms with Gasteiger partial charge in [-0.25, -0.2) is 23.1 Å². The molecular formula is C20H22N4O2S. The predicted molar refractivity (Wildman–Crippen MR) is 107 cm³/mol. The van der Waals surface area contributed by atoms with E-state index in [1.54, 1.807) is 23.1 Å². The average molecular weight is 382 g/mol. The van der Waals surface area contributed by atoms with Crippen LogP contribution in [-0.2, 0) is 16.6 Å². The Kier molecular flexibility index (Phi) is 5.53. The van der Waals surface area contributed by atoms with E-state index in [9.17, 15) is 8.42 Å². The Morgan fingerprint density at radius 1 is 0.926 bits per heavy atom. The van der Waals surface area contributed by atoms with Crippen molar-refractivity contribution in [2.75, 3.05) is 19.0 Å². The molecule has 0 aliphatic carbocycles. The van der Waals surface area contributed by atoms with Gasteiger partial charge in [-0.15, -0.1) is 0 Å². The molecule has 27 heavy (non-hydrogen) atoms. The zero-order chi connectivity index (χ0) is 19.4. The van der Waals surface area contributed by atoms with Gasteiger partial charge in [0, 0.05) is 19.8 Å². The van der Waals surface area contributed by atoms with Crippen LogP contribution in [0.25, 0.3) is 11.1 Å². The number of aromatic nitrogens is 2. The molecule has 0 unspecified atom stereocenters. The minimum atomic E-state index is -3.63. The van der Waals surface area contributed by atoms with Crippen LogP contribution in [-0.4, -0.2) is 32.5 Å². The van der Waals surface area contributed by atoms with Crippen LogP contribution in [0.4, 0.5) is 5.95 Å². The van der Waals surface area contributed by atoms with Crippen LogP contribution < -0.4 is 9.62 Å². The number of aryl methyl sites for hydroxylation is 1. The maximum absolute atomic E-state index is 12.6. The SMILES string of the molecule is Cc1cc(CNS(=O)(=O)c2ccc(-c3ccccc3)cc2)nc(N(C)C)n1. The Morgan fingerprint density at radius 3 is 2.19 bits per heavy atom. The van der Waals surface area contributed by atoms with E-state index in [4.69, 9.17) is 0 Å². The summed E-state index contributed by atoms with van der Waals surface area (Å²) in [5.74, 6) is 0.552. The standard InChI is InChI=1S/C20H22N4O2S/c1-15-13-18(23-20(22-15)24(2)3)14-21-27(25,26)19-11-9-17(10-12-19)16-7-5-4-6-8-16/h4-13,21H,14H2,1-3H3. The molecule has 0 radical (unpaired) electrons. The lowest BCUT2D eigenvalue weighted by Gasteiger charge is -2.13. The second-order valence-corrected chi connectivity index (χ2v) is 8.18. The summed E-state index contributed by atoms with van der Waals surface area (Å²) in [5.41, 5.74) is 3.42. The van der Waals surface area contributed by atoms with Gasteiger partial charge in [-0.3, -0.25) is 0 Å². The monoisotopic (exact) mass is 382 g/mol. The molecule has 0 fully saturated rings. The Hall–Kier alpha value is -2.77. The van der Waals surface area contributed by atoms with E-state index in [0.29, 0.717) is 11.6 Å². The first-order valence-electron chi connectivity index (χ1n) is 8.52. The highest BCUT2D eigenvalue weighted by Crippen LogP contribution is 2.21. The molecule has 0 bridgehead atoms. The fourth-order valence-electron chi connectivity index (χ4n) is 2.62. The van der Waals surface area contributed by atoms with Crippen molar-refractivity contribution in [2.24, 2.45) is 0 Å². The topological polar surface area (TPSA) is 75.2 Å². The molecule has 0 aliphatic rings. The molecule has 3 aromatic rings. The average Bonchev–Trinajstić information content (AvgIpc) is 2.67. The number of rotatable bonds is 6. The number of hydrogen-bond acceptors (Lipinski definition) is 5. The number of hydrogen-bond donors (Lipinski definition) is 1. The minimum absolute atomic E-state index is 0.104. The van der Waals surface area contributed by atoms with Gasteiger partial charge in [-0.1, -0.05) is 42.5 Å². The fraction of sp³-hybridized carbons (Fsp3) is 0.200. The maximum atomic E-state index is 12.6. The van der Waals surface area contributed by atoms with Gasteiger partial charge in [-0.05, 0) is 36.2 Å².